The fourth-order valence-corrected chi connectivity index (χ4v) is 3.87. The topological polar surface area (TPSA) is 37.3 Å². The summed E-state index contributed by atoms with van der Waals surface area (Å²) in [6, 6.07) is 11.1. The predicted octanol–water partition coefficient (Wildman–Crippen LogP) is 6.07. The van der Waals surface area contributed by atoms with Crippen LogP contribution >= 0.6 is 11.6 Å². The monoisotopic (exact) mass is 376 g/mol. The molecule has 2 aromatic carbocycles. The third kappa shape index (κ3) is 4.74. The van der Waals surface area contributed by atoms with Gasteiger partial charge < -0.3 is 5.11 Å². The molecule has 0 aliphatic carbocycles. The minimum atomic E-state index is -1.20. The highest BCUT2D eigenvalue weighted by Crippen LogP contribution is 2.38. The fourth-order valence-electron chi connectivity index (χ4n) is 2.58. The van der Waals surface area contributed by atoms with Gasteiger partial charge in [0.1, 0.15) is 5.75 Å². The van der Waals surface area contributed by atoms with Crippen molar-refractivity contribution in [1.82, 2.24) is 0 Å². The smallest absolute Gasteiger partial charge is 0.126 e. The lowest BCUT2D eigenvalue weighted by molar-refractivity contribution is 0.444. The van der Waals surface area contributed by atoms with Crippen molar-refractivity contribution in [1.29, 1.82) is 0 Å². The van der Waals surface area contributed by atoms with Crippen LogP contribution in [0, 0.1) is 0 Å². The molecule has 2 aromatic rings. The van der Waals surface area contributed by atoms with Crippen LogP contribution in [0.1, 0.15) is 51.3 Å². The molecule has 2 nitrogen and oxygen atoms in total. The number of aromatic hydroxyl groups is 1. The average Bonchev–Trinajstić information content (AvgIpc) is 2.55. The third-order valence-electron chi connectivity index (χ3n) is 4.22. The highest BCUT2D eigenvalue weighted by Gasteiger charge is 2.23. The van der Waals surface area contributed by atoms with Gasteiger partial charge in [-0.1, -0.05) is 50.6 Å². The number of allylic oxidation sites excluding steroid dienone is 2. The fraction of sp³-hybridized carbons (Fsp3) is 0.333. The van der Waals surface area contributed by atoms with Gasteiger partial charge in [-0.05, 0) is 54.7 Å². The van der Waals surface area contributed by atoms with Crippen molar-refractivity contribution in [3.05, 3.63) is 64.2 Å². The molecule has 0 amide bonds. The first-order chi connectivity index (χ1) is 11.6. The number of phenolic OH excluding ortho intramolecular Hbond substituents is 1. The van der Waals surface area contributed by atoms with Crippen molar-refractivity contribution in [3.63, 3.8) is 0 Å². The molecule has 1 N–H and O–H groups in total. The SMILES string of the molecule is CC=C(C)c1cc(S(=O)Cc2ccc(Cl)cc2)cc(C(C)(C)C)c1O. The van der Waals surface area contributed by atoms with Crippen molar-refractivity contribution in [2.45, 2.75) is 50.7 Å². The highest BCUT2D eigenvalue weighted by molar-refractivity contribution is 7.84. The second-order valence-corrected chi connectivity index (χ2v) is 9.09. The molecule has 4 heteroatoms. The number of benzene rings is 2. The van der Waals surface area contributed by atoms with E-state index in [1.165, 1.54) is 0 Å². The summed E-state index contributed by atoms with van der Waals surface area (Å²) in [5.41, 5.74) is 3.25. The minimum absolute atomic E-state index is 0.243. The van der Waals surface area contributed by atoms with Crippen molar-refractivity contribution < 1.29 is 9.32 Å². The van der Waals surface area contributed by atoms with Crippen molar-refractivity contribution in [2.75, 3.05) is 0 Å². The Morgan fingerprint density at radius 2 is 1.80 bits per heavy atom. The molecule has 0 aliphatic heterocycles. The lowest BCUT2D eigenvalue weighted by atomic mass is 9.84. The molecule has 0 heterocycles. The Labute approximate surface area is 158 Å². The summed E-state index contributed by atoms with van der Waals surface area (Å²) in [4.78, 5) is 0.730. The highest BCUT2D eigenvalue weighted by atomic mass is 35.5. The molecule has 0 spiro atoms. The summed E-state index contributed by atoms with van der Waals surface area (Å²) < 4.78 is 12.9. The number of hydrogen-bond donors (Lipinski definition) is 1. The van der Waals surface area contributed by atoms with E-state index in [4.69, 9.17) is 11.6 Å². The van der Waals surface area contributed by atoms with Gasteiger partial charge in [0, 0.05) is 21.0 Å². The second-order valence-electron chi connectivity index (χ2n) is 7.21. The standard InChI is InChI=1S/C21H25ClO2S/c1-6-14(2)18-11-17(12-19(20(18)23)21(3,4)5)25(24)13-15-7-9-16(22)10-8-15/h6-12,23H,13H2,1-5H3. The zero-order chi connectivity index (χ0) is 18.8. The van der Waals surface area contributed by atoms with E-state index in [2.05, 4.69) is 0 Å². The second kappa shape index (κ2) is 7.76. The van der Waals surface area contributed by atoms with E-state index in [0.717, 1.165) is 27.2 Å². The molecule has 0 saturated carbocycles. The van der Waals surface area contributed by atoms with Crippen LogP contribution in [0.15, 0.2) is 47.4 Å². The predicted molar refractivity (Wildman–Crippen MR) is 108 cm³/mol. The number of hydrogen-bond acceptors (Lipinski definition) is 2. The molecule has 0 aliphatic rings. The Kier molecular flexibility index (Phi) is 6.12. The third-order valence-corrected chi connectivity index (χ3v) is 5.83. The van der Waals surface area contributed by atoms with Crippen LogP contribution in [0.5, 0.6) is 5.75 Å². The molecule has 0 bridgehead atoms. The normalized spacial score (nSPS) is 13.8. The first-order valence-electron chi connectivity index (χ1n) is 8.27. The maximum atomic E-state index is 12.9. The molecular formula is C21H25ClO2S. The zero-order valence-corrected chi connectivity index (χ0v) is 17.0. The van der Waals surface area contributed by atoms with Crippen LogP contribution in [0.4, 0.5) is 0 Å². The van der Waals surface area contributed by atoms with Gasteiger partial charge in [0.2, 0.25) is 0 Å². The van der Waals surface area contributed by atoms with Gasteiger partial charge >= 0.3 is 0 Å². The lowest BCUT2D eigenvalue weighted by Gasteiger charge is -2.23. The zero-order valence-electron chi connectivity index (χ0n) is 15.4. The summed E-state index contributed by atoms with van der Waals surface area (Å²) in [5.74, 6) is 0.690. The maximum Gasteiger partial charge on any atom is 0.126 e. The van der Waals surface area contributed by atoms with Crippen LogP contribution in [-0.2, 0) is 22.0 Å². The van der Waals surface area contributed by atoms with Crippen LogP contribution < -0.4 is 0 Å². The molecule has 25 heavy (non-hydrogen) atoms. The van der Waals surface area contributed by atoms with Gasteiger partial charge in [0.25, 0.3) is 0 Å². The van der Waals surface area contributed by atoms with Crippen LogP contribution in [0.25, 0.3) is 5.57 Å². The quantitative estimate of drug-likeness (QED) is 0.702. The summed E-state index contributed by atoms with van der Waals surface area (Å²) in [6.45, 7) is 10.0. The summed E-state index contributed by atoms with van der Waals surface area (Å²) in [6.07, 6.45) is 1.95. The van der Waals surface area contributed by atoms with Gasteiger partial charge in [-0.3, -0.25) is 4.21 Å². The number of rotatable bonds is 4. The Bertz CT molecular complexity index is 815. The Hall–Kier alpha value is -1.58. The van der Waals surface area contributed by atoms with E-state index in [1.807, 2.05) is 65.0 Å². The largest absolute Gasteiger partial charge is 0.507 e. The first-order valence-corrected chi connectivity index (χ1v) is 9.96. The average molecular weight is 377 g/mol. The van der Waals surface area contributed by atoms with Crippen molar-refractivity contribution in [2.24, 2.45) is 0 Å². The Morgan fingerprint density at radius 3 is 2.32 bits per heavy atom. The molecule has 0 aromatic heterocycles. The molecule has 2 rings (SSSR count). The molecule has 134 valence electrons. The van der Waals surface area contributed by atoms with E-state index in [9.17, 15) is 9.32 Å². The first kappa shape index (κ1) is 19.7. The van der Waals surface area contributed by atoms with Crippen molar-refractivity contribution >= 4 is 28.0 Å². The maximum absolute atomic E-state index is 12.9. The Balaban J connectivity index is 2.49. The van der Waals surface area contributed by atoms with E-state index >= 15 is 0 Å². The van der Waals surface area contributed by atoms with E-state index in [-0.39, 0.29) is 11.2 Å². The summed E-state index contributed by atoms with van der Waals surface area (Å²) in [5, 5.41) is 11.4. The summed E-state index contributed by atoms with van der Waals surface area (Å²) in [7, 11) is -1.20. The van der Waals surface area contributed by atoms with Gasteiger partial charge in [-0.2, -0.15) is 0 Å². The molecule has 0 radical (unpaired) electrons. The molecular weight excluding hydrogens is 352 g/mol. The molecule has 0 fully saturated rings. The number of phenols is 1. The van der Waals surface area contributed by atoms with Gasteiger partial charge in [0.15, 0.2) is 0 Å². The molecule has 0 saturated heterocycles. The van der Waals surface area contributed by atoms with Gasteiger partial charge in [-0.25, -0.2) is 0 Å². The molecule has 1 atom stereocenters. The van der Waals surface area contributed by atoms with Crippen LogP contribution in [0.2, 0.25) is 5.02 Å². The summed E-state index contributed by atoms with van der Waals surface area (Å²) >= 11 is 5.92. The van der Waals surface area contributed by atoms with E-state index < -0.39 is 10.8 Å². The van der Waals surface area contributed by atoms with Gasteiger partial charge in [-0.15, -0.1) is 0 Å². The van der Waals surface area contributed by atoms with E-state index in [1.54, 1.807) is 12.1 Å². The lowest BCUT2D eigenvalue weighted by Crippen LogP contribution is -2.13. The minimum Gasteiger partial charge on any atom is -0.507 e. The number of halogens is 1. The van der Waals surface area contributed by atoms with Crippen molar-refractivity contribution in [3.8, 4) is 5.75 Å². The molecule has 1 unspecified atom stereocenters. The van der Waals surface area contributed by atoms with Gasteiger partial charge in [0.05, 0.1) is 16.6 Å². The van der Waals surface area contributed by atoms with Crippen LogP contribution in [0.3, 0.4) is 0 Å². The Morgan fingerprint density at radius 1 is 1.20 bits per heavy atom. The van der Waals surface area contributed by atoms with E-state index in [0.29, 0.717) is 10.8 Å². The van der Waals surface area contributed by atoms with Crippen LogP contribution in [-0.4, -0.2) is 9.32 Å².